The summed E-state index contributed by atoms with van der Waals surface area (Å²) in [5, 5.41) is 14.4. The van der Waals surface area contributed by atoms with Crippen molar-refractivity contribution >= 4 is 23.4 Å². The lowest BCUT2D eigenvalue weighted by Gasteiger charge is -2.31. The molecule has 3 aromatic rings. The van der Waals surface area contributed by atoms with Gasteiger partial charge in [0.1, 0.15) is 6.04 Å². The van der Waals surface area contributed by atoms with E-state index in [1.165, 1.54) is 31.4 Å². The number of nitro groups is 1. The van der Waals surface area contributed by atoms with E-state index in [1.54, 1.807) is 56.4 Å². The molecule has 1 N–H and O–H groups in total. The number of methoxy groups -OCH3 is 1. The van der Waals surface area contributed by atoms with Gasteiger partial charge in [-0.05, 0) is 49.7 Å². The van der Waals surface area contributed by atoms with E-state index in [0.29, 0.717) is 11.3 Å². The Balaban J connectivity index is 1.73. The number of benzene rings is 2. The predicted octanol–water partition coefficient (Wildman–Crippen LogP) is 3.26. The van der Waals surface area contributed by atoms with Gasteiger partial charge in [-0.15, -0.1) is 0 Å². The third-order valence-electron chi connectivity index (χ3n) is 6.05. The summed E-state index contributed by atoms with van der Waals surface area (Å²) in [5.74, 6) is -1.75. The molecule has 0 fully saturated rings. The van der Waals surface area contributed by atoms with Crippen LogP contribution in [0.3, 0.4) is 0 Å². The lowest BCUT2D eigenvalue weighted by molar-refractivity contribution is -0.385. The van der Waals surface area contributed by atoms with Crippen molar-refractivity contribution in [1.29, 1.82) is 0 Å². The molecule has 2 heterocycles. The third kappa shape index (κ3) is 4.52. The number of carbonyl (C=O) groups is 3. The van der Waals surface area contributed by atoms with Crippen molar-refractivity contribution in [2.24, 2.45) is 0 Å². The van der Waals surface area contributed by atoms with E-state index >= 15 is 0 Å². The number of amides is 3. The fourth-order valence-corrected chi connectivity index (χ4v) is 4.21. The lowest BCUT2D eigenvalue weighted by Crippen LogP contribution is -2.54. The molecule has 10 heteroatoms. The lowest BCUT2D eigenvalue weighted by atomic mass is 9.97. The molecule has 2 aromatic carbocycles. The molecule has 0 unspecified atom stereocenters. The number of ether oxygens (including phenoxy) is 1. The number of imide groups is 1. The van der Waals surface area contributed by atoms with Crippen molar-refractivity contribution in [3.63, 3.8) is 0 Å². The van der Waals surface area contributed by atoms with Crippen LogP contribution in [0.25, 0.3) is 0 Å². The summed E-state index contributed by atoms with van der Waals surface area (Å²) in [4.78, 5) is 56.3. The molecule has 184 valence electrons. The molecule has 0 aliphatic carbocycles. The second-order valence-electron chi connectivity index (χ2n) is 8.84. The quantitative estimate of drug-likeness (QED) is 0.292. The van der Waals surface area contributed by atoms with E-state index in [0.717, 1.165) is 4.90 Å². The van der Waals surface area contributed by atoms with Gasteiger partial charge in [-0.1, -0.05) is 24.3 Å². The van der Waals surface area contributed by atoms with Gasteiger partial charge in [0, 0.05) is 18.7 Å². The van der Waals surface area contributed by atoms with Crippen LogP contribution in [0.5, 0.6) is 5.75 Å². The average Bonchev–Trinajstić information content (AvgIpc) is 3.12. The van der Waals surface area contributed by atoms with E-state index in [-0.39, 0.29) is 29.0 Å². The summed E-state index contributed by atoms with van der Waals surface area (Å²) >= 11 is 0. The summed E-state index contributed by atoms with van der Waals surface area (Å²) in [6, 6.07) is 14.6. The Labute approximate surface area is 207 Å². The monoisotopic (exact) mass is 488 g/mol. The van der Waals surface area contributed by atoms with Crippen LogP contribution in [0.1, 0.15) is 45.8 Å². The highest BCUT2D eigenvalue weighted by Gasteiger charge is 2.44. The Morgan fingerprint density at radius 3 is 2.28 bits per heavy atom. The smallest absolute Gasteiger partial charge is 0.311 e. The Morgan fingerprint density at radius 2 is 1.72 bits per heavy atom. The van der Waals surface area contributed by atoms with E-state index < -0.39 is 34.2 Å². The van der Waals surface area contributed by atoms with Gasteiger partial charge in [-0.25, -0.2) is 0 Å². The number of hydrogen-bond acceptors (Lipinski definition) is 7. The van der Waals surface area contributed by atoms with E-state index in [4.69, 9.17) is 4.74 Å². The predicted molar refractivity (Wildman–Crippen MR) is 129 cm³/mol. The molecule has 1 aromatic heterocycles. The minimum atomic E-state index is -1.27. The van der Waals surface area contributed by atoms with Crippen LogP contribution >= 0.6 is 0 Å². The molecule has 0 spiro atoms. The minimum absolute atomic E-state index is 0.0572. The number of pyridine rings is 1. The van der Waals surface area contributed by atoms with Crippen molar-refractivity contribution in [3.05, 3.63) is 99.4 Å². The van der Waals surface area contributed by atoms with Crippen LogP contribution in [0.15, 0.2) is 66.9 Å². The first-order valence-electron chi connectivity index (χ1n) is 11.2. The molecule has 1 aliphatic rings. The van der Waals surface area contributed by atoms with Gasteiger partial charge in [0.15, 0.2) is 5.75 Å². The van der Waals surface area contributed by atoms with Crippen LogP contribution < -0.4 is 10.1 Å². The molecule has 0 saturated heterocycles. The fraction of sp³-hybridized carbons (Fsp3) is 0.231. The highest BCUT2D eigenvalue weighted by molar-refractivity contribution is 6.22. The van der Waals surface area contributed by atoms with Crippen LogP contribution in [0, 0.1) is 10.1 Å². The zero-order chi connectivity index (χ0) is 26.0. The summed E-state index contributed by atoms with van der Waals surface area (Å²) in [6.07, 6.45) is 1.46. The molecule has 0 radical (unpaired) electrons. The first-order chi connectivity index (χ1) is 17.1. The van der Waals surface area contributed by atoms with Crippen LogP contribution in [0.2, 0.25) is 0 Å². The number of hydrogen-bond donors (Lipinski definition) is 1. The summed E-state index contributed by atoms with van der Waals surface area (Å²) in [5.41, 5.74) is 0.149. The maximum Gasteiger partial charge on any atom is 0.311 e. The standard InChI is InChI=1S/C26H24N4O6/c1-26(2,22-10-6-7-13-27-22)28-23(31)20(15-16-11-12-21(36-3)19(14-16)30(34)35)29-24(32)17-8-4-5-9-18(17)25(29)33/h4-14,20H,15H2,1-3H3,(H,28,31)/t20-/m0/s1. The highest BCUT2D eigenvalue weighted by atomic mass is 16.6. The van der Waals surface area contributed by atoms with Gasteiger partial charge in [0.05, 0.1) is 34.4 Å². The molecule has 36 heavy (non-hydrogen) atoms. The van der Waals surface area contributed by atoms with Gasteiger partial charge in [-0.3, -0.25) is 34.4 Å². The molecule has 1 aliphatic heterocycles. The Bertz CT molecular complexity index is 1320. The van der Waals surface area contributed by atoms with Crippen LogP contribution in [-0.2, 0) is 16.8 Å². The van der Waals surface area contributed by atoms with Crippen LogP contribution in [0.4, 0.5) is 5.69 Å². The second kappa shape index (κ2) is 9.57. The van der Waals surface area contributed by atoms with Crippen molar-refractivity contribution in [1.82, 2.24) is 15.2 Å². The summed E-state index contributed by atoms with van der Waals surface area (Å²) < 4.78 is 5.06. The van der Waals surface area contributed by atoms with Gasteiger partial charge in [0.2, 0.25) is 5.91 Å². The normalized spacial score (nSPS) is 13.8. The van der Waals surface area contributed by atoms with Gasteiger partial charge in [-0.2, -0.15) is 0 Å². The first kappa shape index (κ1) is 24.5. The van der Waals surface area contributed by atoms with Crippen molar-refractivity contribution < 1.29 is 24.0 Å². The molecule has 10 nitrogen and oxygen atoms in total. The van der Waals surface area contributed by atoms with Crippen molar-refractivity contribution in [2.75, 3.05) is 7.11 Å². The molecule has 0 bridgehead atoms. The van der Waals surface area contributed by atoms with E-state index in [2.05, 4.69) is 10.3 Å². The third-order valence-corrected chi connectivity index (χ3v) is 6.05. The fourth-order valence-electron chi connectivity index (χ4n) is 4.21. The van der Waals surface area contributed by atoms with E-state index in [1.807, 2.05) is 0 Å². The first-order valence-corrected chi connectivity index (χ1v) is 11.2. The number of nitrogens with one attached hydrogen (secondary N) is 1. The largest absolute Gasteiger partial charge is 0.490 e. The molecular weight excluding hydrogens is 464 g/mol. The minimum Gasteiger partial charge on any atom is -0.490 e. The van der Waals surface area contributed by atoms with Gasteiger partial charge < -0.3 is 10.1 Å². The van der Waals surface area contributed by atoms with Crippen molar-refractivity contribution in [2.45, 2.75) is 31.8 Å². The summed E-state index contributed by atoms with van der Waals surface area (Å²) in [6.45, 7) is 3.51. The topological polar surface area (TPSA) is 132 Å². The molecule has 0 saturated carbocycles. The zero-order valence-electron chi connectivity index (χ0n) is 19.9. The molecular formula is C26H24N4O6. The van der Waals surface area contributed by atoms with Gasteiger partial charge >= 0.3 is 5.69 Å². The average molecular weight is 489 g/mol. The number of fused-ring (bicyclic) bond motifs is 1. The van der Waals surface area contributed by atoms with Gasteiger partial charge in [0.25, 0.3) is 11.8 Å². The molecule has 3 amide bonds. The number of nitrogens with zero attached hydrogens (tertiary/aromatic N) is 3. The Kier molecular flexibility index (Phi) is 6.52. The summed E-state index contributed by atoms with van der Waals surface area (Å²) in [7, 11) is 1.32. The number of aromatic nitrogens is 1. The SMILES string of the molecule is COc1ccc(C[C@@H](C(=O)NC(C)(C)c2ccccn2)N2C(=O)c3ccccc3C2=O)cc1[N+](=O)[O-]. The van der Waals surface area contributed by atoms with Crippen LogP contribution in [-0.4, -0.2) is 45.7 Å². The second-order valence-corrected chi connectivity index (χ2v) is 8.84. The Hall–Kier alpha value is -4.60. The molecule has 1 atom stereocenters. The Morgan fingerprint density at radius 1 is 1.08 bits per heavy atom. The maximum atomic E-state index is 13.7. The number of carbonyl (C=O) groups excluding carboxylic acids is 3. The molecule has 4 rings (SSSR count). The maximum absolute atomic E-state index is 13.7. The van der Waals surface area contributed by atoms with Crippen molar-refractivity contribution in [3.8, 4) is 5.75 Å². The van der Waals surface area contributed by atoms with E-state index in [9.17, 15) is 24.5 Å². The highest BCUT2D eigenvalue weighted by Crippen LogP contribution is 2.31. The number of nitro benzene ring substituents is 1. The zero-order valence-corrected chi connectivity index (χ0v) is 19.9. The number of rotatable bonds is 8.